The largest absolute Gasteiger partial charge is 0.356 e. The molecule has 1 aliphatic carbocycles. The van der Waals surface area contributed by atoms with E-state index in [9.17, 15) is 4.79 Å². The first kappa shape index (κ1) is 18.7. The number of aromatic nitrogens is 2. The number of hydrogen-bond acceptors (Lipinski definition) is 2. The van der Waals surface area contributed by atoms with E-state index in [4.69, 9.17) is 0 Å². The van der Waals surface area contributed by atoms with E-state index >= 15 is 0 Å². The lowest BCUT2D eigenvalue weighted by Crippen LogP contribution is -2.34. The fourth-order valence-electron chi connectivity index (χ4n) is 3.89. The highest BCUT2D eigenvalue weighted by Gasteiger charge is 2.25. The zero-order valence-electron chi connectivity index (χ0n) is 15.9. The number of rotatable bonds is 8. The Morgan fingerprint density at radius 1 is 1.19 bits per heavy atom. The number of benzene rings is 1. The fraction of sp³-hybridized carbons (Fsp3) is 0.545. The van der Waals surface area contributed by atoms with Crippen LogP contribution in [0, 0.1) is 11.8 Å². The first-order valence-corrected chi connectivity index (χ1v) is 10.1. The van der Waals surface area contributed by atoms with E-state index in [1.807, 2.05) is 47.4 Å². The molecule has 0 spiro atoms. The van der Waals surface area contributed by atoms with E-state index in [0.717, 1.165) is 36.4 Å². The van der Waals surface area contributed by atoms with E-state index in [0.29, 0.717) is 6.54 Å². The van der Waals surface area contributed by atoms with E-state index in [1.165, 1.54) is 32.1 Å². The van der Waals surface area contributed by atoms with Crippen LogP contribution in [0.5, 0.6) is 0 Å². The second-order valence-corrected chi connectivity index (χ2v) is 7.53. The van der Waals surface area contributed by atoms with Gasteiger partial charge in [-0.25, -0.2) is 4.68 Å². The van der Waals surface area contributed by atoms with Gasteiger partial charge in [-0.2, -0.15) is 5.10 Å². The Morgan fingerprint density at radius 2 is 1.96 bits per heavy atom. The van der Waals surface area contributed by atoms with Gasteiger partial charge in [-0.1, -0.05) is 44.4 Å². The van der Waals surface area contributed by atoms with Gasteiger partial charge in [-0.3, -0.25) is 4.79 Å². The van der Waals surface area contributed by atoms with Crippen LogP contribution in [0.3, 0.4) is 0 Å². The quantitative estimate of drug-likeness (QED) is 0.758. The summed E-state index contributed by atoms with van der Waals surface area (Å²) >= 11 is 0. The Morgan fingerprint density at radius 3 is 2.69 bits per heavy atom. The SMILES string of the molecule is CCCCC1CCC(C(=O)NCCc2cnn(-c3ccccc3)c2)CC1. The molecule has 3 rings (SSSR count). The molecule has 1 aromatic carbocycles. The molecule has 1 saturated carbocycles. The van der Waals surface area contributed by atoms with Crippen LogP contribution in [0.4, 0.5) is 0 Å². The summed E-state index contributed by atoms with van der Waals surface area (Å²) < 4.78 is 1.88. The lowest BCUT2D eigenvalue weighted by atomic mass is 9.79. The van der Waals surface area contributed by atoms with Crippen molar-refractivity contribution in [1.82, 2.24) is 15.1 Å². The number of carbonyl (C=O) groups excluding carboxylic acids is 1. The molecule has 140 valence electrons. The van der Waals surface area contributed by atoms with Crippen LogP contribution in [-0.2, 0) is 11.2 Å². The second kappa shape index (κ2) is 9.56. The van der Waals surface area contributed by atoms with Gasteiger partial charge in [0, 0.05) is 18.7 Å². The van der Waals surface area contributed by atoms with Crippen molar-refractivity contribution in [1.29, 1.82) is 0 Å². The highest BCUT2D eigenvalue weighted by atomic mass is 16.1. The predicted molar refractivity (Wildman–Crippen MR) is 105 cm³/mol. The molecule has 1 heterocycles. The summed E-state index contributed by atoms with van der Waals surface area (Å²) in [6.45, 7) is 2.94. The Bertz CT molecular complexity index is 672. The molecule has 0 radical (unpaired) electrons. The van der Waals surface area contributed by atoms with Gasteiger partial charge in [0.2, 0.25) is 5.91 Å². The maximum atomic E-state index is 12.4. The predicted octanol–water partition coefficient (Wildman–Crippen LogP) is 4.53. The van der Waals surface area contributed by atoms with Gasteiger partial charge < -0.3 is 5.32 Å². The normalized spacial score (nSPS) is 20.0. The Balaban J connectivity index is 1.39. The summed E-state index contributed by atoms with van der Waals surface area (Å²) in [7, 11) is 0. The van der Waals surface area contributed by atoms with Gasteiger partial charge in [-0.15, -0.1) is 0 Å². The minimum Gasteiger partial charge on any atom is -0.356 e. The topological polar surface area (TPSA) is 46.9 Å². The number of amides is 1. The number of para-hydroxylation sites is 1. The van der Waals surface area contributed by atoms with Gasteiger partial charge in [0.15, 0.2) is 0 Å². The molecule has 1 aromatic heterocycles. The van der Waals surface area contributed by atoms with Crippen LogP contribution in [0.15, 0.2) is 42.7 Å². The van der Waals surface area contributed by atoms with E-state index in [2.05, 4.69) is 17.3 Å². The van der Waals surface area contributed by atoms with Crippen LogP contribution >= 0.6 is 0 Å². The van der Waals surface area contributed by atoms with Crippen molar-refractivity contribution in [3.63, 3.8) is 0 Å². The molecule has 0 aliphatic heterocycles. The molecular formula is C22H31N3O. The standard InChI is InChI=1S/C22H31N3O/c1-2-3-7-18-10-12-20(13-11-18)22(26)23-15-14-19-16-24-25(17-19)21-8-5-4-6-9-21/h4-6,8-9,16-18,20H,2-3,7,10-15H2,1H3,(H,23,26). The fourth-order valence-corrected chi connectivity index (χ4v) is 3.89. The van der Waals surface area contributed by atoms with Crippen LogP contribution in [0.2, 0.25) is 0 Å². The molecule has 1 fully saturated rings. The van der Waals surface area contributed by atoms with Crippen molar-refractivity contribution in [2.45, 2.75) is 58.3 Å². The summed E-state index contributed by atoms with van der Waals surface area (Å²) in [5.41, 5.74) is 2.21. The van der Waals surface area contributed by atoms with Crippen molar-refractivity contribution in [2.75, 3.05) is 6.54 Å². The molecule has 1 aliphatic rings. The molecule has 0 bridgehead atoms. The molecule has 26 heavy (non-hydrogen) atoms. The minimum atomic E-state index is 0.222. The van der Waals surface area contributed by atoms with Crippen LogP contribution in [0.25, 0.3) is 5.69 Å². The third-order valence-electron chi connectivity index (χ3n) is 5.55. The lowest BCUT2D eigenvalue weighted by Gasteiger charge is -2.27. The Labute approximate surface area is 157 Å². The van der Waals surface area contributed by atoms with E-state index in [1.54, 1.807) is 0 Å². The third-order valence-corrected chi connectivity index (χ3v) is 5.55. The van der Waals surface area contributed by atoms with Crippen molar-refractivity contribution in [3.05, 3.63) is 48.3 Å². The molecule has 0 unspecified atom stereocenters. The molecule has 0 atom stereocenters. The average Bonchev–Trinajstić information content (AvgIpc) is 3.16. The third kappa shape index (κ3) is 5.20. The molecule has 2 aromatic rings. The van der Waals surface area contributed by atoms with Gasteiger partial charge in [-0.05, 0) is 55.7 Å². The maximum Gasteiger partial charge on any atom is 0.223 e. The number of hydrogen-bond donors (Lipinski definition) is 1. The second-order valence-electron chi connectivity index (χ2n) is 7.53. The van der Waals surface area contributed by atoms with Crippen molar-refractivity contribution >= 4 is 5.91 Å². The highest BCUT2D eigenvalue weighted by molar-refractivity contribution is 5.78. The van der Waals surface area contributed by atoms with Gasteiger partial charge >= 0.3 is 0 Å². The van der Waals surface area contributed by atoms with Crippen molar-refractivity contribution < 1.29 is 4.79 Å². The molecular weight excluding hydrogens is 322 g/mol. The first-order chi connectivity index (χ1) is 12.8. The van der Waals surface area contributed by atoms with Crippen LogP contribution < -0.4 is 5.32 Å². The zero-order chi connectivity index (χ0) is 18.2. The first-order valence-electron chi connectivity index (χ1n) is 10.1. The number of unbranched alkanes of at least 4 members (excludes halogenated alkanes) is 1. The monoisotopic (exact) mass is 353 g/mol. The number of nitrogens with zero attached hydrogens (tertiary/aromatic N) is 2. The number of nitrogens with one attached hydrogen (secondary N) is 1. The summed E-state index contributed by atoms with van der Waals surface area (Å²) in [4.78, 5) is 12.4. The Hall–Kier alpha value is -2.10. The summed E-state index contributed by atoms with van der Waals surface area (Å²) in [5, 5.41) is 7.54. The van der Waals surface area contributed by atoms with Gasteiger partial charge in [0.05, 0.1) is 11.9 Å². The van der Waals surface area contributed by atoms with E-state index in [-0.39, 0.29) is 11.8 Å². The molecule has 4 nitrogen and oxygen atoms in total. The summed E-state index contributed by atoms with van der Waals surface area (Å²) in [6.07, 6.45) is 13.3. The van der Waals surface area contributed by atoms with Gasteiger partial charge in [0.1, 0.15) is 0 Å². The van der Waals surface area contributed by atoms with Crippen LogP contribution in [-0.4, -0.2) is 22.2 Å². The van der Waals surface area contributed by atoms with Crippen LogP contribution in [0.1, 0.15) is 57.4 Å². The van der Waals surface area contributed by atoms with Crippen molar-refractivity contribution in [3.8, 4) is 5.69 Å². The van der Waals surface area contributed by atoms with Gasteiger partial charge in [0.25, 0.3) is 0 Å². The summed E-state index contributed by atoms with van der Waals surface area (Å²) in [5.74, 6) is 1.32. The zero-order valence-corrected chi connectivity index (χ0v) is 15.9. The minimum absolute atomic E-state index is 0.222. The highest BCUT2D eigenvalue weighted by Crippen LogP contribution is 2.31. The summed E-state index contributed by atoms with van der Waals surface area (Å²) in [6, 6.07) is 10.1. The van der Waals surface area contributed by atoms with E-state index < -0.39 is 0 Å². The number of carbonyl (C=O) groups is 1. The molecule has 1 amide bonds. The smallest absolute Gasteiger partial charge is 0.223 e. The van der Waals surface area contributed by atoms with Crippen molar-refractivity contribution in [2.24, 2.45) is 11.8 Å². The molecule has 0 saturated heterocycles. The average molecular weight is 354 g/mol. The molecule has 1 N–H and O–H groups in total. The maximum absolute atomic E-state index is 12.4. The molecule has 4 heteroatoms. The lowest BCUT2D eigenvalue weighted by molar-refractivity contribution is -0.126. The Kier molecular flexibility index (Phi) is 6.87.